The fourth-order valence-electron chi connectivity index (χ4n) is 5.31. The summed E-state index contributed by atoms with van der Waals surface area (Å²) in [5.74, 6) is -1.56. The summed E-state index contributed by atoms with van der Waals surface area (Å²) in [6.45, 7) is 4.26. The van der Waals surface area contributed by atoms with E-state index >= 15 is 0 Å². The molecule has 0 radical (unpaired) electrons. The van der Waals surface area contributed by atoms with E-state index in [1.54, 1.807) is 26.8 Å². The van der Waals surface area contributed by atoms with Gasteiger partial charge >= 0.3 is 6.29 Å². The molecule has 0 bridgehead atoms. The number of alkyl halides is 2. The number of benzene rings is 2. The van der Waals surface area contributed by atoms with E-state index in [-0.39, 0.29) is 49.0 Å². The van der Waals surface area contributed by atoms with Crippen LogP contribution >= 0.6 is 0 Å². The molecule has 0 aliphatic carbocycles. The number of fused-ring (bicyclic) bond motifs is 3. The van der Waals surface area contributed by atoms with Crippen molar-refractivity contribution in [3.63, 3.8) is 0 Å². The Morgan fingerprint density at radius 1 is 1.23 bits per heavy atom. The first kappa shape index (κ1) is 26.8. The van der Waals surface area contributed by atoms with Crippen molar-refractivity contribution in [2.45, 2.75) is 45.0 Å². The fraction of sp³-hybridized carbons (Fsp3) is 0.407. The first-order valence-corrected chi connectivity index (χ1v) is 12.2. The summed E-state index contributed by atoms with van der Waals surface area (Å²) in [5, 5.41) is 30.3. The van der Waals surface area contributed by atoms with Gasteiger partial charge in [0.1, 0.15) is 41.9 Å². The molecular formula is C27H27F3N3O6+. The molecule has 5 rings (SSSR count). The average molecular weight is 547 g/mol. The molecule has 3 N–H and O–H groups in total. The third-order valence-corrected chi connectivity index (χ3v) is 7.42. The minimum absolute atomic E-state index is 0.156. The van der Waals surface area contributed by atoms with Crippen LogP contribution in [0.3, 0.4) is 0 Å². The van der Waals surface area contributed by atoms with Crippen LogP contribution in [-0.4, -0.2) is 48.3 Å². The van der Waals surface area contributed by atoms with E-state index < -0.39 is 39.5 Å². The second kappa shape index (κ2) is 8.87. The molecule has 0 saturated carbocycles. The number of aliphatic hydroxyl groups is 2. The number of ether oxygens (including phenoxy) is 3. The Morgan fingerprint density at radius 2 is 1.92 bits per heavy atom. The van der Waals surface area contributed by atoms with Gasteiger partial charge in [0.25, 0.3) is 5.91 Å². The molecule has 0 saturated heterocycles. The SMILES string of the molecule is CC(C)(CO)C1=Cc2ccc(F)cc2[N+]1(C[C@@H](O)CC#N)NC(=O)[C@@]1(C)COc2cc3c(cc21)OC(F)(F)O3. The van der Waals surface area contributed by atoms with Crippen LogP contribution in [0.4, 0.5) is 18.9 Å². The molecular weight excluding hydrogens is 519 g/mol. The van der Waals surface area contributed by atoms with Crippen LogP contribution in [0.1, 0.15) is 38.3 Å². The van der Waals surface area contributed by atoms with Gasteiger partial charge in [-0.15, -0.1) is 8.78 Å². The Balaban J connectivity index is 1.61. The van der Waals surface area contributed by atoms with Gasteiger partial charge in [0, 0.05) is 29.3 Å². The highest BCUT2D eigenvalue weighted by Crippen LogP contribution is 2.51. The highest BCUT2D eigenvalue weighted by molar-refractivity contribution is 5.92. The number of rotatable bonds is 7. The highest BCUT2D eigenvalue weighted by atomic mass is 19.3. The second-order valence-corrected chi connectivity index (χ2v) is 10.8. The Morgan fingerprint density at radius 3 is 2.59 bits per heavy atom. The minimum atomic E-state index is -3.86. The molecule has 12 heteroatoms. The van der Waals surface area contributed by atoms with E-state index in [1.165, 1.54) is 30.3 Å². The summed E-state index contributed by atoms with van der Waals surface area (Å²) in [4.78, 5) is 14.2. The van der Waals surface area contributed by atoms with E-state index in [0.29, 0.717) is 16.9 Å². The van der Waals surface area contributed by atoms with E-state index in [1.807, 2.05) is 6.07 Å². The zero-order valence-corrected chi connectivity index (χ0v) is 21.4. The van der Waals surface area contributed by atoms with Crippen LogP contribution < -0.4 is 24.2 Å². The normalized spacial score (nSPS) is 24.7. The lowest BCUT2D eigenvalue weighted by Crippen LogP contribution is -2.67. The van der Waals surface area contributed by atoms with Crippen molar-refractivity contribution in [1.82, 2.24) is 10.0 Å². The molecule has 3 aliphatic rings. The number of halogens is 3. The largest absolute Gasteiger partial charge is 0.586 e. The maximum Gasteiger partial charge on any atom is 0.586 e. The van der Waals surface area contributed by atoms with Crippen molar-refractivity contribution in [3.05, 3.63) is 53.0 Å². The maximum absolute atomic E-state index is 14.6. The summed E-state index contributed by atoms with van der Waals surface area (Å²) in [5.41, 5.74) is 2.12. The summed E-state index contributed by atoms with van der Waals surface area (Å²) >= 11 is 0. The van der Waals surface area contributed by atoms with Crippen molar-refractivity contribution < 1.29 is 42.4 Å². The summed E-state index contributed by atoms with van der Waals surface area (Å²) < 4.78 is 56.1. The standard InChI is InChI=1S/C27H26F3N3O6/c1-25(2,13-34)23-8-15-4-5-16(28)9-19(15)33(23,12-17(35)6-7-31)32-24(36)26(3)14-37-20-11-22-21(10-18(20)26)38-27(29,30)39-22/h4-5,8-11,17,34-35H,6,12-14H2,1-3H3/p+1/t17-,26-,33?/m0/s1. The summed E-state index contributed by atoms with van der Waals surface area (Å²) in [7, 11) is 0. The van der Waals surface area contributed by atoms with E-state index in [0.717, 1.165) is 0 Å². The number of hydrogen-bond acceptors (Lipinski definition) is 7. The number of carbonyl (C=O) groups is 1. The number of nitriles is 1. The molecule has 0 fully saturated rings. The van der Waals surface area contributed by atoms with Crippen molar-refractivity contribution in [2.75, 3.05) is 19.8 Å². The first-order valence-electron chi connectivity index (χ1n) is 12.2. The monoisotopic (exact) mass is 546 g/mol. The number of carbonyl (C=O) groups excluding carboxylic acids is 1. The predicted molar refractivity (Wildman–Crippen MR) is 132 cm³/mol. The van der Waals surface area contributed by atoms with Gasteiger partial charge in [-0.3, -0.25) is 4.79 Å². The van der Waals surface area contributed by atoms with Gasteiger partial charge in [0.05, 0.1) is 24.5 Å². The van der Waals surface area contributed by atoms with Crippen LogP contribution in [0.2, 0.25) is 0 Å². The zero-order valence-electron chi connectivity index (χ0n) is 21.4. The lowest BCUT2D eigenvalue weighted by Gasteiger charge is -2.42. The van der Waals surface area contributed by atoms with Crippen LogP contribution in [-0.2, 0) is 10.2 Å². The predicted octanol–water partition coefficient (Wildman–Crippen LogP) is 3.48. The molecule has 3 heterocycles. The van der Waals surface area contributed by atoms with Crippen molar-refractivity contribution in [3.8, 4) is 23.3 Å². The molecule has 3 atom stereocenters. The van der Waals surface area contributed by atoms with E-state index in [9.17, 15) is 33.4 Å². The number of nitrogens with one attached hydrogen (secondary N) is 1. The zero-order chi connectivity index (χ0) is 28.4. The molecule has 39 heavy (non-hydrogen) atoms. The fourth-order valence-corrected chi connectivity index (χ4v) is 5.31. The first-order chi connectivity index (χ1) is 18.2. The van der Waals surface area contributed by atoms with E-state index in [2.05, 4.69) is 14.9 Å². The lowest BCUT2D eigenvalue weighted by atomic mass is 9.83. The summed E-state index contributed by atoms with van der Waals surface area (Å²) in [6, 6.07) is 8.40. The van der Waals surface area contributed by atoms with Crippen LogP contribution in [0.5, 0.6) is 17.2 Å². The number of quaternary nitrogens is 1. The van der Waals surface area contributed by atoms with Crippen LogP contribution in [0, 0.1) is 22.6 Å². The van der Waals surface area contributed by atoms with E-state index in [4.69, 9.17) is 4.74 Å². The van der Waals surface area contributed by atoms with Crippen LogP contribution in [0.15, 0.2) is 36.0 Å². The van der Waals surface area contributed by atoms with Crippen LogP contribution in [0.25, 0.3) is 6.08 Å². The Bertz CT molecular complexity index is 1440. The van der Waals surface area contributed by atoms with Gasteiger partial charge in [-0.05, 0) is 39.0 Å². The van der Waals surface area contributed by atoms with Crippen molar-refractivity contribution in [1.29, 1.82) is 5.26 Å². The third kappa shape index (κ3) is 4.27. The molecule has 2 aromatic carbocycles. The maximum atomic E-state index is 14.6. The molecule has 3 aliphatic heterocycles. The van der Waals surface area contributed by atoms with Crippen molar-refractivity contribution in [2.24, 2.45) is 5.41 Å². The Hall–Kier alpha value is -3.79. The molecule has 2 aromatic rings. The highest BCUT2D eigenvalue weighted by Gasteiger charge is 2.55. The van der Waals surface area contributed by atoms with Crippen molar-refractivity contribution >= 4 is 17.7 Å². The van der Waals surface area contributed by atoms with Gasteiger partial charge < -0.3 is 24.4 Å². The Labute approximate surface area is 222 Å². The molecule has 0 aromatic heterocycles. The smallest absolute Gasteiger partial charge is 0.492 e. The number of amides is 1. The number of aliphatic hydroxyl groups excluding tert-OH is 2. The Kier molecular flexibility index (Phi) is 6.10. The molecule has 206 valence electrons. The molecule has 9 nitrogen and oxygen atoms in total. The quantitative estimate of drug-likeness (QED) is 0.455. The molecule has 1 amide bonds. The topological polar surface area (TPSA) is 121 Å². The average Bonchev–Trinajstić information content (AvgIpc) is 3.46. The second-order valence-electron chi connectivity index (χ2n) is 10.8. The summed E-state index contributed by atoms with van der Waals surface area (Å²) in [6.07, 6.45) is -3.65. The van der Waals surface area contributed by atoms with Gasteiger partial charge in [0.2, 0.25) is 0 Å². The number of hydrogen-bond donors (Lipinski definition) is 3. The lowest BCUT2D eigenvalue weighted by molar-refractivity contribution is -0.286. The van der Waals surface area contributed by atoms with Gasteiger partial charge in [0.15, 0.2) is 17.2 Å². The van der Waals surface area contributed by atoms with Gasteiger partial charge in [-0.25, -0.2) is 4.39 Å². The third-order valence-electron chi connectivity index (χ3n) is 7.42. The minimum Gasteiger partial charge on any atom is -0.492 e. The molecule has 0 spiro atoms. The number of nitrogens with zero attached hydrogens (tertiary/aromatic N) is 2. The van der Waals surface area contributed by atoms with Gasteiger partial charge in [-0.2, -0.15) is 15.3 Å². The molecule has 1 unspecified atom stereocenters. The van der Waals surface area contributed by atoms with Gasteiger partial charge in [-0.1, -0.05) is 0 Å².